The molecule has 0 spiro atoms. The largest absolute Gasteiger partial charge is 0.384 e. The van der Waals surface area contributed by atoms with Gasteiger partial charge in [0.15, 0.2) is 12.4 Å². The lowest BCUT2D eigenvalue weighted by molar-refractivity contribution is -0.125. The molecule has 23 heavy (non-hydrogen) atoms. The van der Waals surface area contributed by atoms with Crippen molar-refractivity contribution in [3.8, 4) is 0 Å². The highest BCUT2D eigenvalue weighted by Crippen LogP contribution is 2.19. The van der Waals surface area contributed by atoms with Crippen LogP contribution in [0.2, 0.25) is 5.02 Å². The van der Waals surface area contributed by atoms with Gasteiger partial charge in [-0.3, -0.25) is 4.79 Å². The number of amidine groups is 1. The average Bonchev–Trinajstić information content (AvgIpc) is 2.56. The number of allylic oxidation sites excluding steroid dienone is 1. The van der Waals surface area contributed by atoms with Crippen molar-refractivity contribution in [1.82, 2.24) is 5.32 Å². The van der Waals surface area contributed by atoms with Crippen LogP contribution in [0.25, 0.3) is 0 Å². The Morgan fingerprint density at radius 1 is 1.30 bits per heavy atom. The van der Waals surface area contributed by atoms with E-state index in [-0.39, 0.29) is 18.3 Å². The fourth-order valence-corrected chi connectivity index (χ4v) is 2.51. The molecule has 0 fully saturated rings. The number of benzene rings is 1. The first-order chi connectivity index (χ1) is 11.1. The van der Waals surface area contributed by atoms with Crippen molar-refractivity contribution in [3.05, 3.63) is 46.5 Å². The third-order valence-electron chi connectivity index (χ3n) is 3.65. The molecule has 1 amide bonds. The van der Waals surface area contributed by atoms with Gasteiger partial charge in [-0.15, -0.1) is 0 Å². The number of nitrogens with zero attached hydrogens (tertiary/aromatic N) is 1. The summed E-state index contributed by atoms with van der Waals surface area (Å²) in [5, 5.41) is 7.18. The molecule has 6 heteroatoms. The molecule has 1 aromatic rings. The zero-order valence-electron chi connectivity index (χ0n) is 13.1. The van der Waals surface area contributed by atoms with E-state index < -0.39 is 0 Å². The topological polar surface area (TPSA) is 76.7 Å². The van der Waals surface area contributed by atoms with Crippen molar-refractivity contribution in [2.45, 2.75) is 32.1 Å². The third kappa shape index (κ3) is 6.32. The maximum atomic E-state index is 11.7. The van der Waals surface area contributed by atoms with Crippen molar-refractivity contribution in [3.63, 3.8) is 0 Å². The Morgan fingerprint density at radius 2 is 2.09 bits per heavy atom. The molecule has 0 saturated heterocycles. The number of halogens is 1. The van der Waals surface area contributed by atoms with Crippen LogP contribution in [-0.4, -0.2) is 24.9 Å². The van der Waals surface area contributed by atoms with Crippen LogP contribution >= 0.6 is 11.6 Å². The van der Waals surface area contributed by atoms with Gasteiger partial charge in [0.2, 0.25) is 0 Å². The van der Waals surface area contributed by atoms with Crippen LogP contribution in [-0.2, 0) is 9.63 Å². The molecule has 3 N–H and O–H groups in total. The first kappa shape index (κ1) is 17.3. The number of nitrogens with one attached hydrogen (secondary N) is 1. The predicted molar refractivity (Wildman–Crippen MR) is 92.3 cm³/mol. The van der Waals surface area contributed by atoms with Gasteiger partial charge in [0.05, 0.1) is 0 Å². The number of nitrogens with two attached hydrogens (primary N) is 1. The summed E-state index contributed by atoms with van der Waals surface area (Å²) in [6.07, 6.45) is 8.02. The van der Waals surface area contributed by atoms with Crippen molar-refractivity contribution in [1.29, 1.82) is 0 Å². The average molecular weight is 336 g/mol. The smallest absolute Gasteiger partial charge is 0.260 e. The molecular formula is C17H22ClN3O2. The van der Waals surface area contributed by atoms with Gasteiger partial charge in [-0.05, 0) is 56.4 Å². The minimum atomic E-state index is -0.200. The molecule has 1 aliphatic rings. The van der Waals surface area contributed by atoms with E-state index in [0.29, 0.717) is 17.1 Å². The van der Waals surface area contributed by atoms with Crippen LogP contribution in [0.5, 0.6) is 0 Å². The summed E-state index contributed by atoms with van der Waals surface area (Å²) in [4.78, 5) is 16.7. The summed E-state index contributed by atoms with van der Waals surface area (Å²) < 4.78 is 0. The minimum Gasteiger partial charge on any atom is -0.384 e. The highest BCUT2D eigenvalue weighted by molar-refractivity contribution is 6.30. The number of hydrogen-bond donors (Lipinski definition) is 2. The molecule has 0 saturated carbocycles. The minimum absolute atomic E-state index is 0.145. The normalized spacial score (nSPS) is 15.0. The Kier molecular flexibility index (Phi) is 6.94. The van der Waals surface area contributed by atoms with Gasteiger partial charge in [-0.2, -0.15) is 0 Å². The Bertz CT molecular complexity index is 582. The molecule has 124 valence electrons. The molecule has 0 heterocycles. The SMILES string of the molecule is NC(=NOCC(=O)NCCC1=CCCCC1)c1ccc(Cl)cc1. The molecule has 5 nitrogen and oxygen atoms in total. The number of oxime groups is 1. The quantitative estimate of drug-likeness (QED) is 0.348. The van der Waals surface area contributed by atoms with Crippen molar-refractivity contribution in [2.75, 3.05) is 13.2 Å². The van der Waals surface area contributed by atoms with Crippen molar-refractivity contribution < 1.29 is 9.63 Å². The van der Waals surface area contributed by atoms with Gasteiger partial charge in [0.1, 0.15) is 0 Å². The van der Waals surface area contributed by atoms with Crippen LogP contribution in [0.4, 0.5) is 0 Å². The molecule has 2 rings (SSSR count). The summed E-state index contributed by atoms with van der Waals surface area (Å²) in [6.45, 7) is 0.484. The van der Waals surface area contributed by atoms with E-state index in [9.17, 15) is 4.79 Å². The van der Waals surface area contributed by atoms with E-state index in [1.807, 2.05) is 0 Å². The summed E-state index contributed by atoms with van der Waals surface area (Å²) in [6, 6.07) is 6.91. The number of hydrogen-bond acceptors (Lipinski definition) is 3. The standard InChI is InChI=1S/C17H22ClN3O2/c18-15-8-6-14(7-9-15)17(19)21-23-12-16(22)20-11-10-13-4-2-1-3-5-13/h4,6-9H,1-3,5,10-12H2,(H2,19,21)(H,20,22). The molecule has 0 bridgehead atoms. The predicted octanol–water partition coefficient (Wildman–Crippen LogP) is 2.98. The maximum Gasteiger partial charge on any atom is 0.260 e. The van der Waals surface area contributed by atoms with E-state index in [0.717, 1.165) is 19.3 Å². The van der Waals surface area contributed by atoms with Crippen LogP contribution in [0.3, 0.4) is 0 Å². The summed E-state index contributed by atoms with van der Waals surface area (Å²) >= 11 is 5.80. The molecule has 1 aliphatic carbocycles. The number of carbonyl (C=O) groups is 1. The van der Waals surface area contributed by atoms with Gasteiger partial charge in [-0.1, -0.05) is 28.4 Å². The van der Waals surface area contributed by atoms with E-state index in [1.165, 1.54) is 18.4 Å². The Morgan fingerprint density at radius 3 is 2.78 bits per heavy atom. The van der Waals surface area contributed by atoms with Crippen LogP contribution in [0.15, 0.2) is 41.1 Å². The third-order valence-corrected chi connectivity index (χ3v) is 3.90. The van der Waals surface area contributed by atoms with Gasteiger partial charge in [0.25, 0.3) is 5.91 Å². The molecule has 0 atom stereocenters. The van der Waals surface area contributed by atoms with E-state index >= 15 is 0 Å². The molecule has 0 unspecified atom stereocenters. The van der Waals surface area contributed by atoms with E-state index in [1.54, 1.807) is 24.3 Å². The Labute approximate surface area is 141 Å². The Hall–Kier alpha value is -2.01. The van der Waals surface area contributed by atoms with Crippen LogP contribution in [0, 0.1) is 0 Å². The lowest BCUT2D eigenvalue weighted by atomic mass is 9.97. The van der Waals surface area contributed by atoms with Gasteiger partial charge in [0, 0.05) is 17.1 Å². The fourth-order valence-electron chi connectivity index (χ4n) is 2.38. The Balaban J connectivity index is 1.66. The first-order valence-electron chi connectivity index (χ1n) is 7.81. The second-order valence-corrected chi connectivity index (χ2v) is 5.90. The first-order valence-corrected chi connectivity index (χ1v) is 8.19. The molecule has 1 aromatic carbocycles. The lowest BCUT2D eigenvalue weighted by Gasteiger charge is -2.12. The van der Waals surface area contributed by atoms with Gasteiger partial charge >= 0.3 is 0 Å². The van der Waals surface area contributed by atoms with E-state index in [2.05, 4.69) is 16.5 Å². The van der Waals surface area contributed by atoms with Crippen molar-refractivity contribution >= 4 is 23.3 Å². The zero-order valence-corrected chi connectivity index (χ0v) is 13.8. The second-order valence-electron chi connectivity index (χ2n) is 5.46. The molecule has 0 aromatic heterocycles. The number of amides is 1. The van der Waals surface area contributed by atoms with Crippen LogP contribution in [0.1, 0.15) is 37.7 Å². The number of carbonyl (C=O) groups excluding carboxylic acids is 1. The summed E-state index contributed by atoms with van der Waals surface area (Å²) in [5.74, 6) is 0.0101. The van der Waals surface area contributed by atoms with E-state index in [4.69, 9.17) is 22.2 Å². The van der Waals surface area contributed by atoms with Crippen molar-refractivity contribution in [2.24, 2.45) is 10.9 Å². The summed E-state index contributed by atoms with van der Waals surface area (Å²) in [5.41, 5.74) is 7.90. The fraction of sp³-hybridized carbons (Fsp3) is 0.412. The monoisotopic (exact) mass is 335 g/mol. The maximum absolute atomic E-state index is 11.7. The lowest BCUT2D eigenvalue weighted by Crippen LogP contribution is -2.28. The summed E-state index contributed by atoms with van der Waals surface area (Å²) in [7, 11) is 0. The molecular weight excluding hydrogens is 314 g/mol. The van der Waals surface area contributed by atoms with Crippen LogP contribution < -0.4 is 11.1 Å². The second kappa shape index (κ2) is 9.20. The van der Waals surface area contributed by atoms with Gasteiger partial charge in [-0.25, -0.2) is 0 Å². The molecule has 0 radical (unpaired) electrons. The highest BCUT2D eigenvalue weighted by atomic mass is 35.5. The highest BCUT2D eigenvalue weighted by Gasteiger charge is 2.06. The molecule has 0 aliphatic heterocycles. The number of rotatable bonds is 7. The van der Waals surface area contributed by atoms with Gasteiger partial charge < -0.3 is 15.9 Å². The zero-order chi connectivity index (χ0) is 16.5.